The molecule has 5 heteroatoms. The zero-order valence-electron chi connectivity index (χ0n) is 11.0. The average Bonchev–Trinajstić information content (AvgIpc) is 3.03. The second-order valence-electron chi connectivity index (χ2n) is 4.52. The Kier molecular flexibility index (Phi) is 3.92. The van der Waals surface area contributed by atoms with Gasteiger partial charge in [0.1, 0.15) is 5.01 Å². The molecular formula is C16H12F2N2S. The van der Waals surface area contributed by atoms with Gasteiger partial charge in [0.15, 0.2) is 11.6 Å². The monoisotopic (exact) mass is 302 g/mol. The molecule has 0 saturated heterocycles. The molecule has 21 heavy (non-hydrogen) atoms. The standard InChI is InChI=1S/C16H12F2N2S/c17-14-5-4-11(8-15(14)18)10-20-13-3-1-2-12(9-13)16-19-6-7-21-16/h1-9,20H,10H2. The van der Waals surface area contributed by atoms with E-state index >= 15 is 0 Å². The van der Waals surface area contributed by atoms with Crippen LogP contribution in [0.1, 0.15) is 5.56 Å². The molecule has 0 fully saturated rings. The van der Waals surface area contributed by atoms with Crippen LogP contribution in [0.2, 0.25) is 0 Å². The van der Waals surface area contributed by atoms with Crippen LogP contribution in [0.5, 0.6) is 0 Å². The molecule has 0 amide bonds. The second-order valence-corrected chi connectivity index (χ2v) is 5.41. The van der Waals surface area contributed by atoms with E-state index in [-0.39, 0.29) is 0 Å². The van der Waals surface area contributed by atoms with Gasteiger partial charge in [-0.2, -0.15) is 0 Å². The maximum atomic E-state index is 13.1. The number of nitrogens with zero attached hydrogens (tertiary/aromatic N) is 1. The summed E-state index contributed by atoms with van der Waals surface area (Å²) in [5.74, 6) is -1.66. The van der Waals surface area contributed by atoms with Gasteiger partial charge in [0.05, 0.1) is 0 Å². The molecule has 0 aliphatic carbocycles. The van der Waals surface area contributed by atoms with Crippen LogP contribution in [0.15, 0.2) is 54.0 Å². The highest BCUT2D eigenvalue weighted by Gasteiger charge is 2.04. The Morgan fingerprint density at radius 1 is 1.05 bits per heavy atom. The molecule has 1 aromatic heterocycles. The Labute approximate surface area is 125 Å². The highest BCUT2D eigenvalue weighted by atomic mass is 32.1. The lowest BCUT2D eigenvalue weighted by molar-refractivity contribution is 0.507. The zero-order valence-corrected chi connectivity index (χ0v) is 11.8. The molecule has 0 aliphatic rings. The summed E-state index contributed by atoms with van der Waals surface area (Å²) in [4.78, 5) is 4.27. The van der Waals surface area contributed by atoms with Crippen LogP contribution >= 0.6 is 11.3 Å². The Bertz CT molecular complexity index is 742. The van der Waals surface area contributed by atoms with Crippen molar-refractivity contribution >= 4 is 17.0 Å². The number of thiazole rings is 1. The van der Waals surface area contributed by atoms with Crippen LogP contribution in [0.25, 0.3) is 10.6 Å². The molecule has 0 aliphatic heterocycles. The van der Waals surface area contributed by atoms with Crippen LogP contribution in [0.4, 0.5) is 14.5 Å². The fraction of sp³-hybridized carbons (Fsp3) is 0.0625. The topological polar surface area (TPSA) is 24.9 Å². The van der Waals surface area contributed by atoms with Gasteiger partial charge in [-0.25, -0.2) is 13.8 Å². The molecule has 0 saturated carbocycles. The summed E-state index contributed by atoms with van der Waals surface area (Å²) in [7, 11) is 0. The fourth-order valence-corrected chi connectivity index (χ4v) is 2.62. The molecule has 0 unspecified atom stereocenters. The minimum Gasteiger partial charge on any atom is -0.381 e. The van der Waals surface area contributed by atoms with E-state index in [0.29, 0.717) is 12.1 Å². The minimum absolute atomic E-state index is 0.429. The number of nitrogens with one attached hydrogen (secondary N) is 1. The highest BCUT2D eigenvalue weighted by molar-refractivity contribution is 7.13. The van der Waals surface area contributed by atoms with Gasteiger partial charge in [-0.15, -0.1) is 11.3 Å². The van der Waals surface area contributed by atoms with E-state index in [1.807, 2.05) is 29.6 Å². The van der Waals surface area contributed by atoms with E-state index in [1.165, 1.54) is 6.07 Å². The maximum Gasteiger partial charge on any atom is 0.159 e. The molecule has 0 radical (unpaired) electrons. The van der Waals surface area contributed by atoms with Crippen LogP contribution in [-0.4, -0.2) is 4.98 Å². The van der Waals surface area contributed by atoms with Crippen LogP contribution < -0.4 is 5.32 Å². The SMILES string of the molecule is Fc1ccc(CNc2cccc(-c3nccs3)c2)cc1F. The first-order valence-electron chi connectivity index (χ1n) is 6.40. The first-order chi connectivity index (χ1) is 10.2. The first-order valence-corrected chi connectivity index (χ1v) is 7.28. The smallest absolute Gasteiger partial charge is 0.159 e. The van der Waals surface area contributed by atoms with Gasteiger partial charge in [0, 0.05) is 29.4 Å². The van der Waals surface area contributed by atoms with Gasteiger partial charge in [0.2, 0.25) is 0 Å². The van der Waals surface area contributed by atoms with Crippen molar-refractivity contribution in [1.29, 1.82) is 0 Å². The number of aromatic nitrogens is 1. The third-order valence-corrected chi connectivity index (χ3v) is 3.84. The molecule has 0 bridgehead atoms. The zero-order chi connectivity index (χ0) is 14.7. The fourth-order valence-electron chi connectivity index (χ4n) is 1.98. The quantitative estimate of drug-likeness (QED) is 0.755. The van der Waals surface area contributed by atoms with Gasteiger partial charge in [-0.3, -0.25) is 0 Å². The minimum atomic E-state index is -0.829. The van der Waals surface area contributed by atoms with E-state index < -0.39 is 11.6 Å². The summed E-state index contributed by atoms with van der Waals surface area (Å²) in [6.07, 6.45) is 1.77. The van der Waals surface area contributed by atoms with Crippen molar-refractivity contribution < 1.29 is 8.78 Å². The summed E-state index contributed by atoms with van der Waals surface area (Å²) in [5.41, 5.74) is 2.63. The number of halogens is 2. The number of rotatable bonds is 4. The maximum absolute atomic E-state index is 13.1. The van der Waals surface area contributed by atoms with E-state index in [9.17, 15) is 8.78 Å². The third kappa shape index (κ3) is 3.25. The second kappa shape index (κ2) is 6.01. The molecule has 3 rings (SSSR count). The van der Waals surface area contributed by atoms with E-state index in [1.54, 1.807) is 23.6 Å². The average molecular weight is 302 g/mol. The molecule has 2 nitrogen and oxygen atoms in total. The third-order valence-electron chi connectivity index (χ3n) is 3.02. The number of benzene rings is 2. The van der Waals surface area contributed by atoms with Crippen molar-refractivity contribution in [3.63, 3.8) is 0 Å². The van der Waals surface area contributed by atoms with E-state index in [4.69, 9.17) is 0 Å². The predicted molar refractivity (Wildman–Crippen MR) is 81.2 cm³/mol. The number of hydrogen-bond donors (Lipinski definition) is 1. The van der Waals surface area contributed by atoms with Crippen LogP contribution in [0.3, 0.4) is 0 Å². The molecule has 3 aromatic rings. The van der Waals surface area contributed by atoms with Crippen LogP contribution in [-0.2, 0) is 6.54 Å². The van der Waals surface area contributed by atoms with Crippen molar-refractivity contribution in [2.75, 3.05) is 5.32 Å². The molecule has 1 N–H and O–H groups in total. The summed E-state index contributed by atoms with van der Waals surface area (Å²) in [6, 6.07) is 11.7. The predicted octanol–water partition coefficient (Wildman–Crippen LogP) is 4.70. The highest BCUT2D eigenvalue weighted by Crippen LogP contribution is 2.24. The molecule has 1 heterocycles. The largest absolute Gasteiger partial charge is 0.381 e. The van der Waals surface area contributed by atoms with Gasteiger partial charge >= 0.3 is 0 Å². The van der Waals surface area contributed by atoms with Gasteiger partial charge in [0.25, 0.3) is 0 Å². The Balaban J connectivity index is 1.73. The van der Waals surface area contributed by atoms with E-state index in [2.05, 4.69) is 10.3 Å². The Hall–Kier alpha value is -2.27. The van der Waals surface area contributed by atoms with Crippen molar-refractivity contribution in [3.8, 4) is 10.6 Å². The van der Waals surface area contributed by atoms with Crippen LogP contribution in [0, 0.1) is 11.6 Å². The molecule has 0 spiro atoms. The molecule has 106 valence electrons. The summed E-state index contributed by atoms with van der Waals surface area (Å²) < 4.78 is 26.0. The van der Waals surface area contributed by atoms with Gasteiger partial charge in [-0.1, -0.05) is 18.2 Å². The summed E-state index contributed by atoms with van der Waals surface area (Å²) >= 11 is 1.57. The normalized spacial score (nSPS) is 10.6. The van der Waals surface area contributed by atoms with Gasteiger partial charge in [-0.05, 0) is 29.8 Å². The lowest BCUT2D eigenvalue weighted by atomic mass is 10.2. The number of anilines is 1. The first kappa shape index (κ1) is 13.7. The van der Waals surface area contributed by atoms with Crippen molar-refractivity contribution in [2.45, 2.75) is 6.54 Å². The molecule has 2 aromatic carbocycles. The van der Waals surface area contributed by atoms with Crippen molar-refractivity contribution in [2.24, 2.45) is 0 Å². The summed E-state index contributed by atoms with van der Waals surface area (Å²) in [6.45, 7) is 0.429. The van der Waals surface area contributed by atoms with Crippen molar-refractivity contribution in [1.82, 2.24) is 4.98 Å². The van der Waals surface area contributed by atoms with Gasteiger partial charge < -0.3 is 5.32 Å². The summed E-state index contributed by atoms with van der Waals surface area (Å²) in [5, 5.41) is 6.08. The molecule has 0 atom stereocenters. The Morgan fingerprint density at radius 3 is 2.71 bits per heavy atom. The van der Waals surface area contributed by atoms with E-state index in [0.717, 1.165) is 22.3 Å². The lowest BCUT2D eigenvalue weighted by Crippen LogP contribution is -2.00. The van der Waals surface area contributed by atoms with Crippen molar-refractivity contribution in [3.05, 3.63) is 71.2 Å². The molecular weight excluding hydrogens is 290 g/mol. The number of hydrogen-bond acceptors (Lipinski definition) is 3. The lowest BCUT2D eigenvalue weighted by Gasteiger charge is -2.08. The Morgan fingerprint density at radius 2 is 1.95 bits per heavy atom.